The lowest BCUT2D eigenvalue weighted by atomic mass is 10.1. The van der Waals surface area contributed by atoms with Gasteiger partial charge in [-0.25, -0.2) is 4.79 Å². The normalized spacial score (nSPS) is 11.3. The van der Waals surface area contributed by atoms with E-state index in [2.05, 4.69) is 25.6 Å². The van der Waals surface area contributed by atoms with Crippen LogP contribution in [0.2, 0.25) is 0 Å². The molecular formula is C31H42O10. The maximum Gasteiger partial charge on any atom is 0.335 e. The molecule has 0 fully saturated rings. The fourth-order valence-electron chi connectivity index (χ4n) is 3.43. The van der Waals surface area contributed by atoms with Gasteiger partial charge in [0.05, 0.1) is 24.7 Å². The van der Waals surface area contributed by atoms with Gasteiger partial charge in [0.15, 0.2) is 0 Å². The highest BCUT2D eigenvalue weighted by molar-refractivity contribution is 5.87. The van der Waals surface area contributed by atoms with E-state index in [0.717, 1.165) is 12.2 Å². The number of carbonyl (C=O) groups excluding carboxylic acids is 2. The summed E-state index contributed by atoms with van der Waals surface area (Å²) in [5.41, 5.74) is 1.24. The van der Waals surface area contributed by atoms with Crippen molar-refractivity contribution < 1.29 is 48.2 Å². The molecule has 0 aliphatic carbocycles. The summed E-state index contributed by atoms with van der Waals surface area (Å²) in [6, 6.07) is 13.0. The summed E-state index contributed by atoms with van der Waals surface area (Å²) in [6.45, 7) is 7.04. The quantitative estimate of drug-likeness (QED) is 0.129. The second-order valence-corrected chi connectivity index (χ2v) is 9.28. The van der Waals surface area contributed by atoms with Gasteiger partial charge in [-0.3, -0.25) is 4.79 Å². The second-order valence-electron chi connectivity index (χ2n) is 9.28. The molecule has 2 aromatic carbocycles. The number of carbonyl (C=O) groups is 2. The third kappa shape index (κ3) is 13.4. The van der Waals surface area contributed by atoms with Gasteiger partial charge in [0.25, 0.3) is 0 Å². The van der Waals surface area contributed by atoms with Crippen molar-refractivity contribution in [3.05, 3.63) is 60.2 Å². The number of aryl methyl sites for hydroxylation is 1. The number of rotatable bonds is 21. The number of hydrogen-bond acceptors (Lipinski definition) is 10. The fourth-order valence-corrected chi connectivity index (χ4v) is 3.43. The smallest absolute Gasteiger partial charge is 0.335 e. The molecule has 0 radical (unpaired) electrons. The lowest BCUT2D eigenvalue weighted by Crippen LogP contribution is -2.20. The van der Waals surface area contributed by atoms with E-state index >= 15 is 0 Å². The molecule has 10 nitrogen and oxygen atoms in total. The Balaban J connectivity index is 1.90. The lowest BCUT2D eigenvalue weighted by molar-refractivity contribution is -0.149. The number of aliphatic hydroxyl groups is 2. The van der Waals surface area contributed by atoms with E-state index in [1.165, 1.54) is 24.8 Å². The zero-order chi connectivity index (χ0) is 29.9. The van der Waals surface area contributed by atoms with E-state index < -0.39 is 24.5 Å². The highest BCUT2D eigenvalue weighted by Gasteiger charge is 2.13. The van der Waals surface area contributed by atoms with E-state index in [4.69, 9.17) is 38.6 Å². The number of aliphatic hydroxyl groups excluding tert-OH is 2. The SMILES string of the molecule is C=C(CO)C(=O)OCCOc1cc(OCCOC(=O)C(C)CO)cc(OCCOc2ccc(CCCCC)cc2)c1. The third-order valence-corrected chi connectivity index (χ3v) is 5.80. The molecule has 0 aromatic heterocycles. The van der Waals surface area contributed by atoms with Crippen LogP contribution in [0.4, 0.5) is 0 Å². The lowest BCUT2D eigenvalue weighted by Gasteiger charge is -2.14. The van der Waals surface area contributed by atoms with Gasteiger partial charge in [-0.05, 0) is 37.5 Å². The van der Waals surface area contributed by atoms with Crippen LogP contribution in [0.3, 0.4) is 0 Å². The van der Waals surface area contributed by atoms with Crippen LogP contribution >= 0.6 is 0 Å². The first-order valence-electron chi connectivity index (χ1n) is 13.8. The second kappa shape index (κ2) is 19.3. The molecule has 1 atom stereocenters. The Morgan fingerprint density at radius 2 is 1.27 bits per heavy atom. The first-order chi connectivity index (χ1) is 19.9. The van der Waals surface area contributed by atoms with Crippen molar-refractivity contribution in [1.82, 2.24) is 0 Å². The summed E-state index contributed by atoms with van der Waals surface area (Å²) < 4.78 is 33.1. The van der Waals surface area contributed by atoms with E-state index in [-0.39, 0.29) is 45.2 Å². The third-order valence-electron chi connectivity index (χ3n) is 5.80. The van der Waals surface area contributed by atoms with Crippen LogP contribution in [-0.4, -0.2) is 75.0 Å². The van der Waals surface area contributed by atoms with Gasteiger partial charge in [-0.15, -0.1) is 0 Å². The Bertz CT molecular complexity index is 1070. The summed E-state index contributed by atoms with van der Waals surface area (Å²) >= 11 is 0. The molecule has 2 N–H and O–H groups in total. The van der Waals surface area contributed by atoms with Gasteiger partial charge in [0.2, 0.25) is 0 Å². The van der Waals surface area contributed by atoms with Gasteiger partial charge in [-0.2, -0.15) is 0 Å². The molecule has 0 heterocycles. The Morgan fingerprint density at radius 1 is 0.756 bits per heavy atom. The highest BCUT2D eigenvalue weighted by Crippen LogP contribution is 2.28. The predicted molar refractivity (Wildman–Crippen MR) is 152 cm³/mol. The summed E-state index contributed by atoms with van der Waals surface area (Å²) in [7, 11) is 0. The summed E-state index contributed by atoms with van der Waals surface area (Å²) in [5.74, 6) is 0.215. The Kier molecular flexibility index (Phi) is 15.8. The number of esters is 2. The van der Waals surface area contributed by atoms with Crippen LogP contribution in [0.15, 0.2) is 54.6 Å². The number of unbranched alkanes of at least 4 members (excludes halogenated alkanes) is 2. The minimum atomic E-state index is -0.701. The van der Waals surface area contributed by atoms with Crippen LogP contribution in [-0.2, 0) is 25.5 Å². The molecule has 0 aliphatic heterocycles. The van der Waals surface area contributed by atoms with Gasteiger partial charge in [0.1, 0.15) is 62.6 Å². The topological polar surface area (TPSA) is 130 Å². The molecule has 0 amide bonds. The van der Waals surface area contributed by atoms with Gasteiger partial charge < -0.3 is 38.6 Å². The number of ether oxygens (including phenoxy) is 6. The van der Waals surface area contributed by atoms with Gasteiger partial charge in [0, 0.05) is 18.2 Å². The Labute approximate surface area is 241 Å². The molecule has 0 saturated heterocycles. The molecular weight excluding hydrogens is 532 g/mol. The maximum absolute atomic E-state index is 11.7. The number of benzene rings is 2. The zero-order valence-corrected chi connectivity index (χ0v) is 24.0. The maximum atomic E-state index is 11.7. The van der Waals surface area contributed by atoms with Crippen LogP contribution in [0.25, 0.3) is 0 Å². The molecule has 1 unspecified atom stereocenters. The summed E-state index contributed by atoms with van der Waals surface area (Å²) in [5, 5.41) is 18.0. The molecule has 2 aromatic rings. The van der Waals surface area contributed by atoms with Crippen molar-refractivity contribution in [3.63, 3.8) is 0 Å². The molecule has 10 heteroatoms. The van der Waals surface area contributed by atoms with E-state index in [1.807, 2.05) is 12.1 Å². The van der Waals surface area contributed by atoms with E-state index in [9.17, 15) is 9.59 Å². The van der Waals surface area contributed by atoms with Crippen LogP contribution < -0.4 is 18.9 Å². The van der Waals surface area contributed by atoms with Crippen molar-refractivity contribution in [2.24, 2.45) is 5.92 Å². The standard InChI is InChI=1S/C31H42O10/c1-4-5-6-7-25-8-10-26(11-9-25)36-12-13-37-27-18-28(38-14-16-40-30(34)23(2)21-32)20-29(19-27)39-15-17-41-31(35)24(3)22-33/h8-11,18-20,24,32-33H,2,4-7,12-17,21-22H2,1,3H3. The monoisotopic (exact) mass is 574 g/mol. The molecule has 41 heavy (non-hydrogen) atoms. The molecule has 2 rings (SSSR count). The predicted octanol–water partition coefficient (Wildman–Crippen LogP) is 3.90. The van der Waals surface area contributed by atoms with Crippen molar-refractivity contribution in [2.75, 3.05) is 52.9 Å². The first-order valence-corrected chi connectivity index (χ1v) is 13.8. The van der Waals surface area contributed by atoms with Gasteiger partial charge in [-0.1, -0.05) is 38.5 Å². The summed E-state index contributed by atoms with van der Waals surface area (Å²) in [6.07, 6.45) is 4.66. The van der Waals surface area contributed by atoms with Crippen LogP contribution in [0.5, 0.6) is 23.0 Å². The molecule has 226 valence electrons. The minimum absolute atomic E-state index is 0.000375. The Morgan fingerprint density at radius 3 is 1.78 bits per heavy atom. The Hall–Kier alpha value is -3.76. The summed E-state index contributed by atoms with van der Waals surface area (Å²) in [4.78, 5) is 23.4. The fraction of sp³-hybridized carbons (Fsp3) is 0.484. The first kappa shape index (κ1) is 33.4. The van der Waals surface area contributed by atoms with Crippen LogP contribution in [0.1, 0.15) is 38.7 Å². The van der Waals surface area contributed by atoms with E-state index in [1.54, 1.807) is 25.1 Å². The average molecular weight is 575 g/mol. The highest BCUT2D eigenvalue weighted by atomic mass is 16.6. The zero-order valence-electron chi connectivity index (χ0n) is 24.0. The van der Waals surface area contributed by atoms with E-state index in [0.29, 0.717) is 23.9 Å². The molecule has 0 bridgehead atoms. The van der Waals surface area contributed by atoms with Crippen molar-refractivity contribution in [1.29, 1.82) is 0 Å². The molecule has 0 saturated carbocycles. The molecule has 0 spiro atoms. The van der Waals surface area contributed by atoms with Crippen molar-refractivity contribution in [3.8, 4) is 23.0 Å². The largest absolute Gasteiger partial charge is 0.490 e. The molecule has 0 aliphatic rings. The van der Waals surface area contributed by atoms with Crippen molar-refractivity contribution in [2.45, 2.75) is 39.5 Å². The van der Waals surface area contributed by atoms with Gasteiger partial charge >= 0.3 is 11.9 Å². The minimum Gasteiger partial charge on any atom is -0.490 e. The average Bonchev–Trinajstić information content (AvgIpc) is 2.99. The number of hydrogen-bond donors (Lipinski definition) is 2. The van der Waals surface area contributed by atoms with Crippen LogP contribution in [0, 0.1) is 5.92 Å². The van der Waals surface area contributed by atoms with Crippen molar-refractivity contribution >= 4 is 11.9 Å².